The Balaban J connectivity index is 4.22. The number of hydrogen-bond acceptors (Lipinski definition) is 7. The second kappa shape index (κ2) is 71.7. The van der Waals surface area contributed by atoms with Crippen LogP contribution in [0, 0.1) is 0 Å². The number of esters is 2. The van der Waals surface area contributed by atoms with E-state index in [4.69, 9.17) is 18.9 Å². The molecule has 0 aliphatic carbocycles. The highest BCUT2D eigenvalue weighted by Crippen LogP contribution is 2.15. The predicted molar refractivity (Wildman–Crippen MR) is 400 cm³/mol. The van der Waals surface area contributed by atoms with Gasteiger partial charge in [0.25, 0.3) is 6.29 Å². The maximum Gasteiger partial charge on any atom is 0.361 e. The van der Waals surface area contributed by atoms with Crippen molar-refractivity contribution in [3.05, 3.63) is 207 Å². The minimum Gasteiger partial charge on any atom is -0.477 e. The number of ether oxygens (including phenoxy) is 4. The molecule has 0 aromatic carbocycles. The molecule has 0 fully saturated rings. The number of likely N-dealkylation sites (N-methyl/N-ethyl adjacent to an activating group) is 1. The van der Waals surface area contributed by atoms with Gasteiger partial charge in [-0.25, -0.2) is 4.79 Å². The number of nitrogens with zero attached hydrogens (tertiary/aromatic N) is 1. The first-order chi connectivity index (χ1) is 45.6. The fourth-order valence-corrected chi connectivity index (χ4v) is 9.09. The maximum absolute atomic E-state index is 12.9. The van der Waals surface area contributed by atoms with Gasteiger partial charge in [0.1, 0.15) is 13.2 Å². The van der Waals surface area contributed by atoms with Crippen molar-refractivity contribution in [2.24, 2.45) is 0 Å². The van der Waals surface area contributed by atoms with Crippen LogP contribution in [0.2, 0.25) is 0 Å². The van der Waals surface area contributed by atoms with Gasteiger partial charge < -0.3 is 28.5 Å². The van der Waals surface area contributed by atoms with Crippen molar-refractivity contribution in [1.82, 2.24) is 0 Å². The number of carboxylic acids is 1. The molecular formula is C84H132NO8+. The molecule has 0 aromatic heterocycles. The third-order valence-electron chi connectivity index (χ3n) is 14.5. The first kappa shape index (κ1) is 86.9. The van der Waals surface area contributed by atoms with E-state index in [1.807, 2.05) is 21.1 Å². The fourth-order valence-electron chi connectivity index (χ4n) is 9.09. The maximum atomic E-state index is 12.9. The van der Waals surface area contributed by atoms with Crippen LogP contribution in [0.3, 0.4) is 0 Å². The number of carboxylic acid groups (broad SMARTS) is 1. The third-order valence-corrected chi connectivity index (χ3v) is 14.5. The summed E-state index contributed by atoms with van der Waals surface area (Å²) in [7, 11) is 5.94. The highest BCUT2D eigenvalue weighted by atomic mass is 16.7. The number of carbonyl (C=O) groups is 3. The average molecular weight is 1280 g/mol. The Morgan fingerprint density at radius 1 is 0.323 bits per heavy atom. The summed E-state index contributed by atoms with van der Waals surface area (Å²) in [5.74, 6) is -2.11. The van der Waals surface area contributed by atoms with E-state index >= 15 is 0 Å². The van der Waals surface area contributed by atoms with Crippen molar-refractivity contribution in [3.8, 4) is 0 Å². The summed E-state index contributed by atoms with van der Waals surface area (Å²) < 4.78 is 22.9. The largest absolute Gasteiger partial charge is 0.477 e. The topological polar surface area (TPSA) is 108 Å². The minimum absolute atomic E-state index is 0.166. The second-order valence-electron chi connectivity index (χ2n) is 24.4. The van der Waals surface area contributed by atoms with Gasteiger partial charge in [0.15, 0.2) is 6.10 Å². The lowest BCUT2D eigenvalue weighted by Crippen LogP contribution is -2.40. The van der Waals surface area contributed by atoms with Crippen LogP contribution in [0.25, 0.3) is 0 Å². The Morgan fingerprint density at radius 2 is 0.591 bits per heavy atom. The van der Waals surface area contributed by atoms with E-state index in [2.05, 4.69) is 220 Å². The zero-order valence-corrected chi connectivity index (χ0v) is 59.3. The quantitative estimate of drug-likeness (QED) is 0.0211. The van der Waals surface area contributed by atoms with Crippen molar-refractivity contribution in [2.75, 3.05) is 47.5 Å². The van der Waals surface area contributed by atoms with Crippen LogP contribution in [0.5, 0.6) is 0 Å². The van der Waals surface area contributed by atoms with E-state index in [1.54, 1.807) is 0 Å². The van der Waals surface area contributed by atoms with E-state index < -0.39 is 24.3 Å². The number of rotatable bonds is 64. The Hall–Kier alpha value is -6.13. The summed E-state index contributed by atoms with van der Waals surface area (Å²) in [6.07, 6.45) is 110. The van der Waals surface area contributed by atoms with E-state index in [0.29, 0.717) is 23.9 Å². The number of hydrogen-bond donors (Lipinski definition) is 1. The number of unbranched alkanes of at least 4 members (excludes halogenated alkanes) is 15. The van der Waals surface area contributed by atoms with E-state index in [0.717, 1.165) is 128 Å². The lowest BCUT2D eigenvalue weighted by Gasteiger charge is -2.25. The zero-order valence-electron chi connectivity index (χ0n) is 59.3. The Kier molecular flexibility index (Phi) is 67.0. The summed E-state index contributed by atoms with van der Waals surface area (Å²) in [5, 5.41) is 9.75. The normalized spacial score (nSPS) is 13.9. The summed E-state index contributed by atoms with van der Waals surface area (Å²) in [6.45, 7) is 4.56. The van der Waals surface area contributed by atoms with Crippen LogP contribution in [-0.2, 0) is 33.3 Å². The van der Waals surface area contributed by atoms with E-state index in [9.17, 15) is 19.5 Å². The highest BCUT2D eigenvalue weighted by Gasteiger charge is 2.25. The van der Waals surface area contributed by atoms with E-state index in [-0.39, 0.29) is 38.6 Å². The summed E-state index contributed by atoms with van der Waals surface area (Å²) in [4.78, 5) is 37.6. The molecule has 520 valence electrons. The molecule has 0 aliphatic rings. The molecule has 0 aliphatic heterocycles. The van der Waals surface area contributed by atoms with Crippen LogP contribution in [0.4, 0.5) is 0 Å². The molecule has 0 amide bonds. The molecule has 9 heteroatoms. The van der Waals surface area contributed by atoms with Crippen LogP contribution in [0.1, 0.15) is 245 Å². The van der Waals surface area contributed by atoms with Gasteiger partial charge in [-0.15, -0.1) is 0 Å². The molecule has 2 unspecified atom stereocenters. The molecular weight excluding hydrogens is 1150 g/mol. The van der Waals surface area contributed by atoms with Crippen molar-refractivity contribution in [1.29, 1.82) is 0 Å². The number of aliphatic carboxylic acids is 1. The van der Waals surface area contributed by atoms with Gasteiger partial charge >= 0.3 is 17.9 Å². The minimum atomic E-state index is -1.54. The highest BCUT2D eigenvalue weighted by molar-refractivity contribution is 5.71. The number of allylic oxidation sites excluding steroid dienone is 34. The van der Waals surface area contributed by atoms with Gasteiger partial charge in [-0.05, 0) is 141 Å². The second-order valence-corrected chi connectivity index (χ2v) is 24.4. The summed E-state index contributed by atoms with van der Waals surface area (Å²) >= 11 is 0. The molecule has 9 nitrogen and oxygen atoms in total. The Labute approximate surface area is 569 Å². The average Bonchev–Trinajstić information content (AvgIpc) is 3.74. The fraction of sp³-hybridized carbons (Fsp3) is 0.560. The molecule has 0 bridgehead atoms. The van der Waals surface area contributed by atoms with Crippen molar-refractivity contribution >= 4 is 17.9 Å². The van der Waals surface area contributed by atoms with Gasteiger partial charge in [0, 0.05) is 12.8 Å². The van der Waals surface area contributed by atoms with Crippen LogP contribution in [0.15, 0.2) is 207 Å². The molecule has 0 radical (unpaired) electrons. The summed E-state index contributed by atoms with van der Waals surface area (Å²) in [5.41, 5.74) is 0. The molecule has 0 heterocycles. The SMILES string of the molecule is CC/C=C\C/C=C\C/C=C\C/C=C\C/C=C\C/C=C\C/C=C\C/C=C\C/C=C\CCCC(=O)OC(COC(=O)CCCCCCCCCCCCCCCC/C=C\C/C=C\C/C=C\C/C=C\C/C=C\C/C=C\C/C=C\C/C=C\CC)COC(OCC[N+](C)(C)C)C(=O)O. The van der Waals surface area contributed by atoms with Crippen LogP contribution < -0.4 is 0 Å². The number of carbonyl (C=O) groups excluding carboxylic acids is 2. The Morgan fingerprint density at radius 3 is 0.892 bits per heavy atom. The van der Waals surface area contributed by atoms with E-state index in [1.165, 1.54) is 77.0 Å². The van der Waals surface area contributed by atoms with Crippen LogP contribution in [-0.4, -0.2) is 87.4 Å². The molecule has 2 atom stereocenters. The first-order valence-electron chi connectivity index (χ1n) is 36.2. The zero-order chi connectivity index (χ0) is 67.5. The molecule has 93 heavy (non-hydrogen) atoms. The van der Waals surface area contributed by atoms with Crippen molar-refractivity contribution in [2.45, 2.75) is 257 Å². The molecule has 0 spiro atoms. The molecule has 1 N–H and O–H groups in total. The molecule has 0 rings (SSSR count). The van der Waals surface area contributed by atoms with Gasteiger partial charge in [-0.3, -0.25) is 9.59 Å². The first-order valence-corrected chi connectivity index (χ1v) is 36.2. The van der Waals surface area contributed by atoms with Crippen LogP contribution >= 0.6 is 0 Å². The predicted octanol–water partition coefficient (Wildman–Crippen LogP) is 23.1. The monoisotopic (exact) mass is 1280 g/mol. The smallest absolute Gasteiger partial charge is 0.361 e. The van der Waals surface area contributed by atoms with Crippen molar-refractivity contribution in [3.63, 3.8) is 0 Å². The third kappa shape index (κ3) is 73.1. The van der Waals surface area contributed by atoms with Gasteiger partial charge in [0.2, 0.25) is 0 Å². The van der Waals surface area contributed by atoms with Gasteiger partial charge in [0.05, 0.1) is 34.4 Å². The molecule has 0 aromatic rings. The summed E-state index contributed by atoms with van der Waals surface area (Å²) in [6, 6.07) is 0. The Bertz CT molecular complexity index is 2280. The van der Waals surface area contributed by atoms with Crippen molar-refractivity contribution < 1.29 is 42.9 Å². The lowest BCUT2D eigenvalue weighted by molar-refractivity contribution is -0.870. The molecule has 0 saturated carbocycles. The van der Waals surface area contributed by atoms with Gasteiger partial charge in [-0.1, -0.05) is 297 Å². The standard InChI is InChI=1S/C84H131NO8/c1-6-8-10-12-14-16-18-20-22-24-26-28-30-32-34-36-37-38-39-40-41-42-43-44-45-47-48-50-52-54-56-58-60-62-64-66-68-70-72-74-81(86)91-78-80(79-92-84(83(88)89)90-77-76-85(3,4)5)93-82(87)75-73-71-69-67-65-63-61-59-57-55-53-51-49-46-35-33-31-29-27-25-23-21-19-17-15-13-11-9-7-2/h8-11,14-17,20-23,26-29,32-35,37-38,40-41,43-44,49,51,55,57,61,63,67,69,80,84H,6-7,12-13,18-19,24-25,30-31,36,39,42,45-48,50,52-54,56,58-60,62,64-66,68,70-79H2,1-5H3/p+1/b10-8-,11-9-,16-14-,17-15-,22-20-,23-21-,28-26-,29-27-,34-32-,35-33-,38-37-,41-40-,44-43-,51-49-,57-55-,63-61-,69-67-. The number of quaternary nitrogens is 1. The lowest BCUT2D eigenvalue weighted by atomic mass is 10.0. The molecule has 0 saturated heterocycles. The van der Waals surface area contributed by atoms with Gasteiger partial charge in [-0.2, -0.15) is 0 Å².